The molecular weight excluding hydrogens is 190 g/mol. The minimum Gasteiger partial charge on any atom is -0.377 e. The molecule has 0 aromatic heterocycles. The van der Waals surface area contributed by atoms with Gasteiger partial charge in [-0.3, -0.25) is 4.79 Å². The molecule has 0 N–H and O–H groups in total. The van der Waals surface area contributed by atoms with Crippen LogP contribution in [0.4, 0.5) is 8.78 Å². The lowest BCUT2D eigenvalue weighted by atomic mass is 10.1. The van der Waals surface area contributed by atoms with Gasteiger partial charge in [0.1, 0.15) is 18.2 Å². The van der Waals surface area contributed by atoms with Crippen LogP contribution in [0.1, 0.15) is 5.56 Å². The van der Waals surface area contributed by atoms with Crippen LogP contribution in [-0.4, -0.2) is 19.5 Å². The van der Waals surface area contributed by atoms with Gasteiger partial charge in [0.25, 0.3) is 0 Å². The van der Waals surface area contributed by atoms with Gasteiger partial charge in [0.05, 0.1) is 0 Å². The van der Waals surface area contributed by atoms with Gasteiger partial charge in [-0.05, 0) is 23.8 Å². The van der Waals surface area contributed by atoms with Crippen molar-refractivity contribution in [2.24, 2.45) is 0 Å². The number of methoxy groups -OCH3 is 1. The predicted octanol–water partition coefficient (Wildman–Crippen LogP) is 1.72. The number of carbonyl (C=O) groups is 1. The summed E-state index contributed by atoms with van der Waals surface area (Å²) in [6.45, 7) is -0.0873. The van der Waals surface area contributed by atoms with Crippen LogP contribution in [0.2, 0.25) is 0 Å². The van der Waals surface area contributed by atoms with Gasteiger partial charge in [0.15, 0.2) is 5.78 Å². The van der Waals surface area contributed by atoms with Crippen molar-refractivity contribution in [3.63, 3.8) is 0 Å². The van der Waals surface area contributed by atoms with Crippen molar-refractivity contribution < 1.29 is 18.3 Å². The normalized spacial score (nSPS) is 10.2. The third-order valence-corrected chi connectivity index (χ3v) is 1.70. The first-order valence-electron chi connectivity index (χ1n) is 4.08. The molecule has 0 heterocycles. The van der Waals surface area contributed by atoms with Gasteiger partial charge in [-0.1, -0.05) is 0 Å². The Hall–Kier alpha value is -1.29. The van der Waals surface area contributed by atoms with Crippen LogP contribution >= 0.6 is 0 Å². The number of Topliss-reactive ketones (excluding diaryl/α,β-unsaturated/α-hetero) is 1. The molecule has 0 amide bonds. The van der Waals surface area contributed by atoms with Gasteiger partial charge in [-0.25, -0.2) is 8.78 Å². The van der Waals surface area contributed by atoms with Crippen LogP contribution in [0.5, 0.6) is 0 Å². The van der Waals surface area contributed by atoms with E-state index in [1.165, 1.54) is 7.11 Å². The van der Waals surface area contributed by atoms with E-state index in [4.69, 9.17) is 0 Å². The van der Waals surface area contributed by atoms with E-state index in [1.54, 1.807) is 0 Å². The molecule has 4 heteroatoms. The highest BCUT2D eigenvalue weighted by atomic mass is 19.1. The number of benzene rings is 1. The minimum absolute atomic E-state index is 0.0621. The van der Waals surface area contributed by atoms with Crippen molar-refractivity contribution >= 4 is 5.78 Å². The average molecular weight is 200 g/mol. The number of hydrogen-bond donors (Lipinski definition) is 0. The molecule has 0 fully saturated rings. The molecular formula is C10H10F2O2. The monoisotopic (exact) mass is 200 g/mol. The Bertz CT molecular complexity index is 337. The fourth-order valence-electron chi connectivity index (χ4n) is 1.10. The van der Waals surface area contributed by atoms with Crippen LogP contribution in [0.3, 0.4) is 0 Å². The first kappa shape index (κ1) is 10.8. The molecule has 0 bridgehead atoms. The van der Waals surface area contributed by atoms with E-state index in [9.17, 15) is 13.6 Å². The first-order valence-corrected chi connectivity index (χ1v) is 4.08. The van der Waals surface area contributed by atoms with Gasteiger partial charge < -0.3 is 4.74 Å². The van der Waals surface area contributed by atoms with E-state index in [0.29, 0.717) is 0 Å². The van der Waals surface area contributed by atoms with Crippen molar-refractivity contribution in [2.75, 3.05) is 13.7 Å². The van der Waals surface area contributed by atoms with Gasteiger partial charge in [-0.2, -0.15) is 0 Å². The zero-order chi connectivity index (χ0) is 10.6. The standard InChI is InChI=1S/C10H10F2O2/c1-14-6-9(13)5-7-4-8(11)2-3-10(7)12/h2-4H,5-6H2,1H3. The quantitative estimate of drug-likeness (QED) is 0.739. The number of hydrogen-bond acceptors (Lipinski definition) is 2. The second kappa shape index (κ2) is 4.81. The van der Waals surface area contributed by atoms with Crippen molar-refractivity contribution in [1.29, 1.82) is 0 Å². The number of carbonyl (C=O) groups excluding carboxylic acids is 1. The summed E-state index contributed by atoms with van der Waals surface area (Å²) in [6, 6.07) is 3.03. The summed E-state index contributed by atoms with van der Waals surface area (Å²) in [5.41, 5.74) is 0.0621. The van der Waals surface area contributed by atoms with E-state index < -0.39 is 11.6 Å². The summed E-state index contributed by atoms with van der Waals surface area (Å²) in [4.78, 5) is 11.1. The third kappa shape index (κ3) is 2.88. The molecule has 76 valence electrons. The molecule has 0 atom stereocenters. The van der Waals surface area contributed by atoms with E-state index in [0.717, 1.165) is 18.2 Å². The van der Waals surface area contributed by atoms with Gasteiger partial charge in [0, 0.05) is 13.5 Å². The van der Waals surface area contributed by atoms with Crippen LogP contribution < -0.4 is 0 Å². The molecule has 1 aromatic carbocycles. The molecule has 0 radical (unpaired) electrons. The zero-order valence-corrected chi connectivity index (χ0v) is 7.72. The predicted molar refractivity (Wildman–Crippen MR) is 46.9 cm³/mol. The molecule has 0 unspecified atom stereocenters. The Morgan fingerprint density at radius 3 is 2.79 bits per heavy atom. The highest BCUT2D eigenvalue weighted by Gasteiger charge is 2.08. The van der Waals surface area contributed by atoms with Crippen molar-refractivity contribution in [2.45, 2.75) is 6.42 Å². The molecule has 0 saturated heterocycles. The van der Waals surface area contributed by atoms with E-state index in [1.807, 2.05) is 0 Å². The molecule has 1 rings (SSSR count). The Labute approximate surface area is 80.5 Å². The molecule has 2 nitrogen and oxygen atoms in total. The largest absolute Gasteiger partial charge is 0.377 e. The minimum atomic E-state index is -0.573. The fourth-order valence-corrected chi connectivity index (χ4v) is 1.10. The molecule has 0 saturated carbocycles. The lowest BCUT2D eigenvalue weighted by Gasteiger charge is -2.02. The highest BCUT2D eigenvalue weighted by molar-refractivity contribution is 5.82. The number of ether oxygens (including phenoxy) is 1. The lowest BCUT2D eigenvalue weighted by Crippen LogP contribution is -2.10. The lowest BCUT2D eigenvalue weighted by molar-refractivity contribution is -0.122. The summed E-state index contributed by atoms with van der Waals surface area (Å²) < 4.78 is 30.3. The Kier molecular flexibility index (Phi) is 3.71. The number of halogens is 2. The summed E-state index contributed by atoms with van der Waals surface area (Å²) in [7, 11) is 1.37. The summed E-state index contributed by atoms with van der Waals surface area (Å²) in [5, 5.41) is 0. The van der Waals surface area contributed by atoms with Crippen LogP contribution in [-0.2, 0) is 16.0 Å². The Balaban J connectivity index is 2.75. The maximum atomic E-state index is 13.0. The van der Waals surface area contributed by atoms with Crippen LogP contribution in [0.25, 0.3) is 0 Å². The van der Waals surface area contributed by atoms with Gasteiger partial charge in [-0.15, -0.1) is 0 Å². The van der Waals surface area contributed by atoms with Crippen molar-refractivity contribution in [3.05, 3.63) is 35.4 Å². The van der Waals surface area contributed by atoms with Crippen molar-refractivity contribution in [1.82, 2.24) is 0 Å². The maximum Gasteiger partial charge on any atom is 0.162 e. The second-order valence-electron chi connectivity index (χ2n) is 2.88. The fraction of sp³-hybridized carbons (Fsp3) is 0.300. The average Bonchev–Trinajstić information content (AvgIpc) is 2.12. The molecule has 14 heavy (non-hydrogen) atoms. The topological polar surface area (TPSA) is 26.3 Å². The van der Waals surface area contributed by atoms with E-state index in [2.05, 4.69) is 4.74 Å². The summed E-state index contributed by atoms with van der Waals surface area (Å²) >= 11 is 0. The maximum absolute atomic E-state index is 13.0. The summed E-state index contributed by atoms with van der Waals surface area (Å²) in [6.07, 6.45) is -0.141. The first-order chi connectivity index (χ1) is 6.63. The van der Waals surface area contributed by atoms with E-state index >= 15 is 0 Å². The van der Waals surface area contributed by atoms with Crippen LogP contribution in [0, 0.1) is 11.6 Å². The van der Waals surface area contributed by atoms with E-state index in [-0.39, 0.29) is 24.4 Å². The second-order valence-corrected chi connectivity index (χ2v) is 2.88. The van der Waals surface area contributed by atoms with Gasteiger partial charge >= 0.3 is 0 Å². The molecule has 0 aliphatic heterocycles. The number of ketones is 1. The summed E-state index contributed by atoms with van der Waals surface area (Å²) in [5.74, 6) is -1.40. The molecule has 1 aromatic rings. The molecule has 0 spiro atoms. The molecule has 0 aliphatic rings. The highest BCUT2D eigenvalue weighted by Crippen LogP contribution is 2.10. The van der Waals surface area contributed by atoms with Crippen LogP contribution in [0.15, 0.2) is 18.2 Å². The Morgan fingerprint density at radius 2 is 2.14 bits per heavy atom. The molecule has 0 aliphatic carbocycles. The Morgan fingerprint density at radius 1 is 1.43 bits per heavy atom. The van der Waals surface area contributed by atoms with Crippen molar-refractivity contribution in [3.8, 4) is 0 Å². The number of rotatable bonds is 4. The third-order valence-electron chi connectivity index (χ3n) is 1.70. The van der Waals surface area contributed by atoms with Gasteiger partial charge in [0.2, 0.25) is 0 Å². The smallest absolute Gasteiger partial charge is 0.162 e. The SMILES string of the molecule is COCC(=O)Cc1cc(F)ccc1F. The zero-order valence-electron chi connectivity index (χ0n) is 7.72.